The third-order valence-electron chi connectivity index (χ3n) is 3.38. The number of hydrogen-bond donors (Lipinski definition) is 1. The van der Waals surface area contributed by atoms with Crippen molar-refractivity contribution in [2.75, 3.05) is 19.5 Å². The average Bonchev–Trinajstić information content (AvgIpc) is 2.53. The second-order valence-electron chi connectivity index (χ2n) is 4.82. The first kappa shape index (κ1) is 20.6. The van der Waals surface area contributed by atoms with E-state index < -0.39 is 0 Å². The normalized spacial score (nSPS) is 19.6. The van der Waals surface area contributed by atoms with Gasteiger partial charge in [0.25, 0.3) is 0 Å². The number of nitrogens with zero attached hydrogens (tertiary/aromatic N) is 3. The summed E-state index contributed by atoms with van der Waals surface area (Å²) in [6.45, 7) is 10.7. The van der Waals surface area contributed by atoms with Crippen LogP contribution in [0.25, 0.3) is 0 Å². The monoisotopic (exact) mass is 328 g/mol. The summed E-state index contributed by atoms with van der Waals surface area (Å²) in [5.41, 5.74) is 8.36. The Balaban J connectivity index is 0.000000366. The van der Waals surface area contributed by atoms with E-state index in [1.54, 1.807) is 6.21 Å². The fourth-order valence-electron chi connectivity index (χ4n) is 2.04. The summed E-state index contributed by atoms with van der Waals surface area (Å²) in [6.07, 6.45) is 4.36. The summed E-state index contributed by atoms with van der Waals surface area (Å²) < 4.78 is 14.4. The molecule has 5 nitrogen and oxygen atoms in total. The van der Waals surface area contributed by atoms with Crippen molar-refractivity contribution >= 4 is 27.2 Å². The van der Waals surface area contributed by atoms with Crippen LogP contribution in [0.2, 0.25) is 0 Å². The molecule has 22 heavy (non-hydrogen) atoms. The van der Waals surface area contributed by atoms with Gasteiger partial charge in [0.2, 0.25) is 0 Å². The van der Waals surface area contributed by atoms with Gasteiger partial charge in [0.1, 0.15) is 12.0 Å². The number of aliphatic imine (C=N–C) groups is 1. The van der Waals surface area contributed by atoms with E-state index in [1.807, 2.05) is 13.8 Å². The van der Waals surface area contributed by atoms with Gasteiger partial charge in [0, 0.05) is 21.6 Å². The topological polar surface area (TPSA) is 73.4 Å². The molecule has 0 aromatic carbocycles. The number of nitrogens with two attached hydrogens (primary N) is 1. The highest BCUT2D eigenvalue weighted by Crippen LogP contribution is 2.38. The molecule has 1 aromatic rings. The van der Waals surface area contributed by atoms with Crippen molar-refractivity contribution in [3.05, 3.63) is 24.2 Å². The number of halogens is 1. The maximum atomic E-state index is 9.50. The van der Waals surface area contributed by atoms with Crippen molar-refractivity contribution in [1.82, 2.24) is 9.97 Å². The van der Waals surface area contributed by atoms with E-state index in [0.29, 0.717) is 24.6 Å². The molecule has 1 aliphatic carbocycles. The molecule has 0 radical (unpaired) electrons. The van der Waals surface area contributed by atoms with Crippen LogP contribution in [-0.2, 0) is 4.52 Å². The highest BCUT2D eigenvalue weighted by atomic mass is 31.0. The van der Waals surface area contributed by atoms with Crippen LogP contribution < -0.4 is 5.73 Å². The Bertz CT molecular complexity index is 474. The number of hydrogen-bond acceptors (Lipinski definition) is 5. The highest BCUT2D eigenvalue weighted by molar-refractivity contribution is 7.09. The number of rotatable bonds is 3. The fourth-order valence-corrected chi connectivity index (χ4v) is 2.27. The van der Waals surface area contributed by atoms with Crippen molar-refractivity contribution in [1.29, 1.82) is 0 Å². The minimum atomic E-state index is 0.426. The minimum absolute atomic E-state index is 0.426. The molecule has 1 aliphatic rings. The van der Waals surface area contributed by atoms with Crippen LogP contribution >= 0.6 is 9.47 Å². The lowest BCUT2D eigenvalue weighted by atomic mass is 9.72. The standard InChI is InChI=1S/C7H10N4.C7H13OP.CH3F/c1-3-9-6-5(2)10-4-11-7(6)8;1-5-3-7(4-8-9)6(5)2;1-2/h3-4H,1-2H3,(H2,8,10,11);5,7H,2-4,9H2,1H3;1H3. The SMILES string of the molecule is C=C1C(C)CC1COP.CC=Nc1c(C)ncnc1N.CF. The van der Waals surface area contributed by atoms with Crippen molar-refractivity contribution in [3.63, 3.8) is 0 Å². The van der Waals surface area contributed by atoms with E-state index in [9.17, 15) is 4.39 Å². The van der Waals surface area contributed by atoms with Crippen LogP contribution in [0.3, 0.4) is 0 Å². The highest BCUT2D eigenvalue weighted by Gasteiger charge is 2.29. The molecule has 0 saturated heterocycles. The Labute approximate surface area is 134 Å². The Morgan fingerprint density at radius 2 is 2.18 bits per heavy atom. The fraction of sp³-hybridized carbons (Fsp3) is 0.533. The summed E-state index contributed by atoms with van der Waals surface area (Å²) in [5, 5.41) is 0. The molecule has 1 heterocycles. The number of alkyl halides is 1. The van der Waals surface area contributed by atoms with Crippen molar-refractivity contribution in [2.45, 2.75) is 27.2 Å². The largest absolute Gasteiger partial charge is 0.382 e. The van der Waals surface area contributed by atoms with Crippen LogP contribution in [0.5, 0.6) is 0 Å². The molecule has 0 amide bonds. The molecule has 3 unspecified atom stereocenters. The predicted molar refractivity (Wildman–Crippen MR) is 94.1 cm³/mol. The molecular weight excluding hydrogens is 302 g/mol. The first-order chi connectivity index (χ1) is 10.5. The van der Waals surface area contributed by atoms with Gasteiger partial charge in [-0.05, 0) is 26.2 Å². The van der Waals surface area contributed by atoms with Gasteiger partial charge in [0.15, 0.2) is 5.82 Å². The van der Waals surface area contributed by atoms with Gasteiger partial charge in [-0.15, -0.1) is 0 Å². The second-order valence-corrected chi connectivity index (χ2v) is 5.16. The lowest BCUT2D eigenvalue weighted by Gasteiger charge is -2.35. The van der Waals surface area contributed by atoms with Gasteiger partial charge in [-0.2, -0.15) is 0 Å². The number of nitrogen functional groups attached to an aromatic ring is 1. The third-order valence-corrected chi connectivity index (χ3v) is 3.58. The molecule has 124 valence electrons. The summed E-state index contributed by atoms with van der Waals surface area (Å²) in [5.74, 6) is 1.79. The number of anilines is 1. The Kier molecular flexibility index (Phi) is 10.5. The maximum Gasteiger partial charge on any atom is 0.153 e. The quantitative estimate of drug-likeness (QED) is 0.522. The van der Waals surface area contributed by atoms with Gasteiger partial charge in [0.05, 0.1) is 19.5 Å². The van der Waals surface area contributed by atoms with Gasteiger partial charge in [-0.3, -0.25) is 9.38 Å². The lowest BCUT2D eigenvalue weighted by Crippen LogP contribution is -2.27. The molecule has 2 rings (SSSR count). The van der Waals surface area contributed by atoms with E-state index in [2.05, 4.69) is 37.9 Å². The molecule has 3 atom stereocenters. The Hall–Kier alpha value is -1.39. The van der Waals surface area contributed by atoms with Gasteiger partial charge < -0.3 is 10.3 Å². The molecule has 1 fully saturated rings. The van der Waals surface area contributed by atoms with E-state index in [4.69, 9.17) is 10.3 Å². The Morgan fingerprint density at radius 3 is 2.59 bits per heavy atom. The summed E-state index contributed by atoms with van der Waals surface area (Å²) in [7, 11) is 2.77. The third kappa shape index (κ3) is 6.16. The van der Waals surface area contributed by atoms with Crippen LogP contribution in [0.4, 0.5) is 15.9 Å². The zero-order valence-electron chi connectivity index (χ0n) is 13.7. The van der Waals surface area contributed by atoms with Crippen molar-refractivity contribution < 1.29 is 8.91 Å². The van der Waals surface area contributed by atoms with Crippen molar-refractivity contribution in [3.8, 4) is 0 Å². The Morgan fingerprint density at radius 1 is 1.55 bits per heavy atom. The van der Waals surface area contributed by atoms with E-state index in [0.717, 1.165) is 18.2 Å². The average molecular weight is 328 g/mol. The van der Waals surface area contributed by atoms with E-state index >= 15 is 0 Å². The van der Waals surface area contributed by atoms with E-state index in [-0.39, 0.29) is 0 Å². The van der Waals surface area contributed by atoms with Crippen molar-refractivity contribution in [2.24, 2.45) is 16.8 Å². The molecular formula is C15H26FN4OP. The maximum absolute atomic E-state index is 9.50. The molecule has 1 saturated carbocycles. The van der Waals surface area contributed by atoms with Gasteiger partial charge in [-0.25, -0.2) is 9.97 Å². The first-order valence-electron chi connectivity index (χ1n) is 6.95. The summed E-state index contributed by atoms with van der Waals surface area (Å²) >= 11 is 0. The number of aromatic nitrogens is 2. The van der Waals surface area contributed by atoms with Gasteiger partial charge in [-0.1, -0.05) is 19.1 Å². The molecule has 7 heteroatoms. The predicted octanol–water partition coefficient (Wildman–Crippen LogP) is 3.68. The van der Waals surface area contributed by atoms with Crippen LogP contribution in [0.15, 0.2) is 23.5 Å². The van der Waals surface area contributed by atoms with Crippen LogP contribution in [-0.4, -0.2) is 30.0 Å². The van der Waals surface area contributed by atoms with Crippen LogP contribution in [0, 0.1) is 18.8 Å². The van der Waals surface area contributed by atoms with Gasteiger partial charge >= 0.3 is 0 Å². The lowest BCUT2D eigenvalue weighted by molar-refractivity contribution is 0.224. The first-order valence-corrected chi connectivity index (χ1v) is 7.42. The second kappa shape index (κ2) is 11.2. The smallest absolute Gasteiger partial charge is 0.153 e. The molecule has 0 spiro atoms. The summed E-state index contributed by atoms with van der Waals surface area (Å²) in [4.78, 5) is 11.8. The van der Waals surface area contributed by atoms with Crippen LogP contribution in [0.1, 0.15) is 26.0 Å². The minimum Gasteiger partial charge on any atom is -0.382 e. The molecule has 1 aromatic heterocycles. The summed E-state index contributed by atoms with van der Waals surface area (Å²) in [6, 6.07) is 0. The molecule has 0 aliphatic heterocycles. The van der Waals surface area contributed by atoms with E-state index in [1.165, 1.54) is 18.3 Å². The molecule has 2 N–H and O–H groups in total. The zero-order chi connectivity index (χ0) is 17.1. The number of aryl methyl sites for hydroxylation is 1. The zero-order valence-corrected chi connectivity index (χ0v) is 14.9. The molecule has 0 bridgehead atoms.